The van der Waals surface area contributed by atoms with Crippen molar-refractivity contribution in [2.45, 2.75) is 12.8 Å². The number of hydrogen-bond acceptors (Lipinski definition) is 3. The van der Waals surface area contributed by atoms with Crippen molar-refractivity contribution in [1.29, 1.82) is 0 Å². The minimum atomic E-state index is -0.250. The fraction of sp³-hybridized carbons (Fsp3) is 0.174. The second kappa shape index (κ2) is 8.32. The predicted molar refractivity (Wildman–Crippen MR) is 114 cm³/mol. The van der Waals surface area contributed by atoms with E-state index < -0.39 is 0 Å². The van der Waals surface area contributed by atoms with Crippen molar-refractivity contribution in [3.8, 4) is 11.1 Å². The van der Waals surface area contributed by atoms with Crippen molar-refractivity contribution in [3.05, 3.63) is 88.2 Å². The van der Waals surface area contributed by atoms with E-state index >= 15 is 0 Å². The van der Waals surface area contributed by atoms with E-state index in [0.29, 0.717) is 23.3 Å². The Balaban J connectivity index is 1.42. The Bertz CT molecular complexity index is 1260. The van der Waals surface area contributed by atoms with E-state index in [1.165, 1.54) is 16.7 Å². The maximum Gasteiger partial charge on any atom is 0.327 e. The molecule has 0 atom stereocenters. The maximum atomic E-state index is 12.9. The zero-order valence-electron chi connectivity index (χ0n) is 16.5. The SMILES string of the molecule is Cn1c(=O)[nH]c2ncc(-c3cccc(C(=O)NCCCc4ccc(F)cc4)c3)cc21. The Kier molecular flexibility index (Phi) is 5.43. The minimum absolute atomic E-state index is 0.154. The molecule has 2 aromatic heterocycles. The summed E-state index contributed by atoms with van der Waals surface area (Å²) in [6.07, 6.45) is 3.21. The average Bonchev–Trinajstić information content (AvgIpc) is 3.05. The molecule has 7 heteroatoms. The van der Waals surface area contributed by atoms with E-state index in [-0.39, 0.29) is 17.4 Å². The molecule has 0 spiro atoms. The van der Waals surface area contributed by atoms with Crippen LogP contribution in [0.25, 0.3) is 22.3 Å². The summed E-state index contributed by atoms with van der Waals surface area (Å²) in [5.74, 6) is -0.404. The van der Waals surface area contributed by atoms with Gasteiger partial charge in [0.25, 0.3) is 5.91 Å². The van der Waals surface area contributed by atoms with Gasteiger partial charge in [0.1, 0.15) is 5.82 Å². The number of pyridine rings is 1. The molecular formula is C23H21FN4O2. The molecule has 0 aliphatic heterocycles. The summed E-state index contributed by atoms with van der Waals surface area (Å²) in [4.78, 5) is 31.3. The number of halogens is 1. The van der Waals surface area contributed by atoms with Gasteiger partial charge in [-0.25, -0.2) is 14.2 Å². The highest BCUT2D eigenvalue weighted by Gasteiger charge is 2.10. The zero-order chi connectivity index (χ0) is 21.1. The maximum absolute atomic E-state index is 12.9. The lowest BCUT2D eigenvalue weighted by Gasteiger charge is -2.08. The first-order valence-corrected chi connectivity index (χ1v) is 9.69. The average molecular weight is 404 g/mol. The molecule has 152 valence electrons. The Morgan fingerprint density at radius 3 is 2.73 bits per heavy atom. The Hall–Kier alpha value is -3.74. The van der Waals surface area contributed by atoms with Crippen LogP contribution in [0.3, 0.4) is 0 Å². The first kappa shape index (κ1) is 19.6. The fourth-order valence-electron chi connectivity index (χ4n) is 3.35. The van der Waals surface area contributed by atoms with Crippen LogP contribution in [0.5, 0.6) is 0 Å². The number of aryl methyl sites for hydroxylation is 2. The molecule has 0 saturated heterocycles. The summed E-state index contributed by atoms with van der Waals surface area (Å²) in [6, 6.07) is 15.6. The van der Waals surface area contributed by atoms with Gasteiger partial charge in [0.2, 0.25) is 0 Å². The Morgan fingerprint density at radius 1 is 1.13 bits per heavy atom. The third-order valence-corrected chi connectivity index (χ3v) is 5.06. The van der Waals surface area contributed by atoms with Gasteiger partial charge < -0.3 is 5.32 Å². The minimum Gasteiger partial charge on any atom is -0.352 e. The molecule has 4 rings (SSSR count). The quantitative estimate of drug-likeness (QED) is 0.483. The van der Waals surface area contributed by atoms with E-state index in [1.54, 1.807) is 31.4 Å². The summed E-state index contributed by atoms with van der Waals surface area (Å²) in [5, 5.41) is 2.92. The lowest BCUT2D eigenvalue weighted by atomic mass is 10.0. The Labute approximate surface area is 172 Å². The molecule has 2 N–H and O–H groups in total. The Morgan fingerprint density at radius 2 is 1.93 bits per heavy atom. The van der Waals surface area contributed by atoms with Crippen LogP contribution < -0.4 is 11.0 Å². The van der Waals surface area contributed by atoms with Gasteiger partial charge in [-0.2, -0.15) is 0 Å². The number of amides is 1. The van der Waals surface area contributed by atoms with Crippen molar-refractivity contribution in [2.24, 2.45) is 7.05 Å². The number of aromatic amines is 1. The van der Waals surface area contributed by atoms with Crippen LogP contribution in [0.1, 0.15) is 22.3 Å². The van der Waals surface area contributed by atoms with Crippen molar-refractivity contribution in [3.63, 3.8) is 0 Å². The van der Waals surface area contributed by atoms with Gasteiger partial charge in [0, 0.05) is 30.9 Å². The molecule has 0 bridgehead atoms. The van der Waals surface area contributed by atoms with E-state index in [9.17, 15) is 14.0 Å². The largest absolute Gasteiger partial charge is 0.352 e. The van der Waals surface area contributed by atoms with Crippen LogP contribution in [-0.2, 0) is 13.5 Å². The lowest BCUT2D eigenvalue weighted by Crippen LogP contribution is -2.24. The summed E-state index contributed by atoms with van der Waals surface area (Å²) < 4.78 is 14.4. The number of rotatable bonds is 6. The van der Waals surface area contributed by atoms with Gasteiger partial charge in [0.15, 0.2) is 5.65 Å². The molecule has 0 aliphatic carbocycles. The van der Waals surface area contributed by atoms with Crippen LogP contribution in [0, 0.1) is 5.82 Å². The number of imidazole rings is 1. The molecule has 0 radical (unpaired) electrons. The molecule has 1 amide bonds. The molecule has 2 heterocycles. The smallest absolute Gasteiger partial charge is 0.327 e. The fourth-order valence-corrected chi connectivity index (χ4v) is 3.35. The van der Waals surface area contributed by atoms with Gasteiger partial charge >= 0.3 is 5.69 Å². The molecule has 6 nitrogen and oxygen atoms in total. The van der Waals surface area contributed by atoms with Crippen LogP contribution >= 0.6 is 0 Å². The van der Waals surface area contributed by atoms with Crippen LogP contribution in [-0.4, -0.2) is 27.0 Å². The second-order valence-electron chi connectivity index (χ2n) is 7.15. The highest BCUT2D eigenvalue weighted by molar-refractivity contribution is 5.95. The van der Waals surface area contributed by atoms with Crippen LogP contribution in [0.15, 0.2) is 65.6 Å². The number of aromatic nitrogens is 3. The number of H-pyrrole nitrogens is 1. The topological polar surface area (TPSA) is 79.8 Å². The number of nitrogens with one attached hydrogen (secondary N) is 2. The first-order valence-electron chi connectivity index (χ1n) is 9.69. The number of carbonyl (C=O) groups is 1. The summed E-state index contributed by atoms with van der Waals surface area (Å²) in [6.45, 7) is 0.527. The molecule has 0 unspecified atom stereocenters. The highest BCUT2D eigenvalue weighted by atomic mass is 19.1. The highest BCUT2D eigenvalue weighted by Crippen LogP contribution is 2.22. The number of fused-ring (bicyclic) bond motifs is 1. The van der Waals surface area contributed by atoms with E-state index in [0.717, 1.165) is 29.5 Å². The number of nitrogens with zero attached hydrogens (tertiary/aromatic N) is 2. The summed E-state index contributed by atoms with van der Waals surface area (Å²) in [5.41, 5.74) is 4.27. The normalized spacial score (nSPS) is 11.0. The lowest BCUT2D eigenvalue weighted by molar-refractivity contribution is 0.0953. The van der Waals surface area contributed by atoms with Crippen molar-refractivity contribution in [2.75, 3.05) is 6.54 Å². The summed E-state index contributed by atoms with van der Waals surface area (Å²) in [7, 11) is 1.68. The van der Waals surface area contributed by atoms with Gasteiger partial charge in [-0.05, 0) is 54.3 Å². The second-order valence-corrected chi connectivity index (χ2v) is 7.15. The standard InChI is InChI=1S/C23H21FN4O2/c1-28-20-13-18(14-26-21(20)27-23(28)30)16-5-2-6-17(12-16)22(29)25-11-3-4-15-7-9-19(24)10-8-15/h2,5-10,12-14H,3-4,11H2,1H3,(H,25,29)(H,26,27,30). The van der Waals surface area contributed by atoms with Crippen molar-refractivity contribution < 1.29 is 9.18 Å². The van der Waals surface area contributed by atoms with E-state index in [4.69, 9.17) is 0 Å². The number of carbonyl (C=O) groups excluding carboxylic acids is 1. The van der Waals surface area contributed by atoms with Gasteiger partial charge in [-0.3, -0.25) is 14.3 Å². The van der Waals surface area contributed by atoms with E-state index in [1.807, 2.05) is 24.3 Å². The van der Waals surface area contributed by atoms with E-state index in [2.05, 4.69) is 15.3 Å². The van der Waals surface area contributed by atoms with Gasteiger partial charge in [-0.1, -0.05) is 24.3 Å². The van der Waals surface area contributed by atoms with Crippen LogP contribution in [0.2, 0.25) is 0 Å². The first-order chi connectivity index (χ1) is 14.5. The summed E-state index contributed by atoms with van der Waals surface area (Å²) >= 11 is 0. The van der Waals surface area contributed by atoms with Crippen molar-refractivity contribution in [1.82, 2.24) is 19.9 Å². The number of benzene rings is 2. The zero-order valence-corrected chi connectivity index (χ0v) is 16.5. The molecule has 2 aromatic carbocycles. The third kappa shape index (κ3) is 4.15. The molecule has 4 aromatic rings. The number of hydrogen-bond donors (Lipinski definition) is 2. The third-order valence-electron chi connectivity index (χ3n) is 5.06. The molecule has 30 heavy (non-hydrogen) atoms. The molecule has 0 saturated carbocycles. The molecule has 0 fully saturated rings. The van der Waals surface area contributed by atoms with Crippen LogP contribution in [0.4, 0.5) is 4.39 Å². The van der Waals surface area contributed by atoms with Gasteiger partial charge in [0.05, 0.1) is 5.52 Å². The predicted octanol–water partition coefficient (Wildman–Crippen LogP) is 3.43. The monoisotopic (exact) mass is 404 g/mol. The van der Waals surface area contributed by atoms with Crippen molar-refractivity contribution >= 4 is 17.1 Å². The molecule has 0 aliphatic rings. The molecular weight excluding hydrogens is 383 g/mol. The van der Waals surface area contributed by atoms with Gasteiger partial charge in [-0.15, -0.1) is 0 Å².